The van der Waals surface area contributed by atoms with Crippen molar-refractivity contribution in [3.63, 3.8) is 0 Å². The molecule has 0 aromatic heterocycles. The summed E-state index contributed by atoms with van der Waals surface area (Å²) in [5.74, 6) is 0. The fraction of sp³-hybridized carbons (Fsp3) is 0.647. The van der Waals surface area contributed by atoms with Gasteiger partial charge in [0.15, 0.2) is 0 Å². The fourth-order valence-electron chi connectivity index (χ4n) is 2.79. The van der Waals surface area contributed by atoms with E-state index in [1.54, 1.807) is 0 Å². The average Bonchev–Trinajstić information content (AvgIpc) is 2.41. The van der Waals surface area contributed by atoms with E-state index in [1.807, 2.05) is 6.92 Å². The number of benzene rings is 1. The lowest BCUT2D eigenvalue weighted by Crippen LogP contribution is -2.51. The number of aliphatic hydroxyl groups excluding tert-OH is 1. The standard InChI is InChI=1S/C17H28N2O/c1-14(20)17(2,3)13-19-11-10-18(4)12-16(19)15-8-6-5-7-9-15/h5-9,14,16,20H,10-13H2,1-4H3. The number of nitrogens with zero attached hydrogens (tertiary/aromatic N) is 2. The van der Waals surface area contributed by atoms with Gasteiger partial charge in [0.05, 0.1) is 6.10 Å². The zero-order chi connectivity index (χ0) is 14.8. The van der Waals surface area contributed by atoms with Gasteiger partial charge in [0.1, 0.15) is 0 Å². The van der Waals surface area contributed by atoms with Gasteiger partial charge in [-0.1, -0.05) is 44.2 Å². The third kappa shape index (κ3) is 3.60. The summed E-state index contributed by atoms with van der Waals surface area (Å²) in [6.45, 7) is 10.3. The van der Waals surface area contributed by atoms with E-state index in [0.29, 0.717) is 6.04 Å². The molecule has 1 N–H and O–H groups in total. The van der Waals surface area contributed by atoms with Crippen LogP contribution in [-0.2, 0) is 0 Å². The molecule has 1 saturated heterocycles. The normalized spacial score (nSPS) is 23.8. The second-order valence-corrected chi connectivity index (χ2v) is 6.82. The highest BCUT2D eigenvalue weighted by atomic mass is 16.3. The van der Waals surface area contributed by atoms with Crippen LogP contribution in [0.4, 0.5) is 0 Å². The lowest BCUT2D eigenvalue weighted by Gasteiger charge is -2.44. The fourth-order valence-corrected chi connectivity index (χ4v) is 2.79. The van der Waals surface area contributed by atoms with E-state index < -0.39 is 0 Å². The van der Waals surface area contributed by atoms with E-state index in [1.165, 1.54) is 5.56 Å². The SMILES string of the molecule is CC(O)C(C)(C)CN1CCN(C)CC1c1ccccc1. The topological polar surface area (TPSA) is 26.7 Å². The smallest absolute Gasteiger partial charge is 0.0575 e. The van der Waals surface area contributed by atoms with Crippen LogP contribution in [0, 0.1) is 5.41 Å². The van der Waals surface area contributed by atoms with Crippen LogP contribution in [0.3, 0.4) is 0 Å². The Hall–Kier alpha value is -0.900. The molecule has 0 saturated carbocycles. The van der Waals surface area contributed by atoms with Crippen LogP contribution in [0.25, 0.3) is 0 Å². The number of hydrogen-bond acceptors (Lipinski definition) is 3. The second-order valence-electron chi connectivity index (χ2n) is 6.82. The summed E-state index contributed by atoms with van der Waals surface area (Å²) >= 11 is 0. The van der Waals surface area contributed by atoms with Gasteiger partial charge in [0.2, 0.25) is 0 Å². The quantitative estimate of drug-likeness (QED) is 0.914. The van der Waals surface area contributed by atoms with Gasteiger partial charge in [0, 0.05) is 37.6 Å². The van der Waals surface area contributed by atoms with Crippen LogP contribution >= 0.6 is 0 Å². The van der Waals surface area contributed by atoms with E-state index in [-0.39, 0.29) is 11.5 Å². The lowest BCUT2D eigenvalue weighted by molar-refractivity contribution is -0.000622. The molecule has 3 heteroatoms. The summed E-state index contributed by atoms with van der Waals surface area (Å²) in [7, 11) is 2.19. The zero-order valence-electron chi connectivity index (χ0n) is 13.2. The highest BCUT2D eigenvalue weighted by Crippen LogP contribution is 2.30. The van der Waals surface area contributed by atoms with Crippen LogP contribution in [0.2, 0.25) is 0 Å². The van der Waals surface area contributed by atoms with Gasteiger partial charge in [-0.15, -0.1) is 0 Å². The molecule has 1 aromatic carbocycles. The molecule has 2 rings (SSSR count). The summed E-state index contributed by atoms with van der Waals surface area (Å²) in [6, 6.07) is 11.1. The van der Waals surface area contributed by atoms with Crippen molar-refractivity contribution in [1.82, 2.24) is 9.80 Å². The Morgan fingerprint density at radius 1 is 1.25 bits per heavy atom. The maximum atomic E-state index is 9.98. The summed E-state index contributed by atoms with van der Waals surface area (Å²) in [4.78, 5) is 4.92. The van der Waals surface area contributed by atoms with E-state index in [9.17, 15) is 5.11 Å². The summed E-state index contributed by atoms with van der Waals surface area (Å²) in [5, 5.41) is 9.98. The Balaban J connectivity index is 2.17. The van der Waals surface area contributed by atoms with Crippen molar-refractivity contribution >= 4 is 0 Å². The predicted molar refractivity (Wildman–Crippen MR) is 83.7 cm³/mol. The minimum absolute atomic E-state index is 0.0804. The van der Waals surface area contributed by atoms with Gasteiger partial charge in [-0.3, -0.25) is 4.90 Å². The van der Waals surface area contributed by atoms with Gasteiger partial charge in [-0.25, -0.2) is 0 Å². The van der Waals surface area contributed by atoms with Crippen molar-refractivity contribution in [2.75, 3.05) is 33.2 Å². The van der Waals surface area contributed by atoms with Crippen molar-refractivity contribution in [2.45, 2.75) is 32.9 Å². The number of likely N-dealkylation sites (N-methyl/N-ethyl adjacent to an activating group) is 1. The van der Waals surface area contributed by atoms with Gasteiger partial charge >= 0.3 is 0 Å². The van der Waals surface area contributed by atoms with Crippen molar-refractivity contribution < 1.29 is 5.11 Å². The van der Waals surface area contributed by atoms with Crippen LogP contribution in [0.1, 0.15) is 32.4 Å². The molecule has 2 atom stereocenters. The van der Waals surface area contributed by atoms with Crippen molar-refractivity contribution in [3.05, 3.63) is 35.9 Å². The van der Waals surface area contributed by atoms with Crippen molar-refractivity contribution in [1.29, 1.82) is 0 Å². The van der Waals surface area contributed by atoms with Crippen molar-refractivity contribution in [2.24, 2.45) is 5.41 Å². The summed E-state index contributed by atoms with van der Waals surface area (Å²) in [6.07, 6.45) is -0.293. The van der Waals surface area contributed by atoms with E-state index in [0.717, 1.165) is 26.2 Å². The number of piperazine rings is 1. The highest BCUT2D eigenvalue weighted by molar-refractivity contribution is 5.20. The first-order chi connectivity index (χ1) is 9.40. The zero-order valence-corrected chi connectivity index (χ0v) is 13.2. The third-order valence-corrected chi connectivity index (χ3v) is 4.62. The molecular weight excluding hydrogens is 248 g/mol. The van der Waals surface area contributed by atoms with Gasteiger partial charge in [-0.2, -0.15) is 0 Å². The van der Waals surface area contributed by atoms with Crippen LogP contribution in [-0.4, -0.2) is 54.2 Å². The molecule has 2 unspecified atom stereocenters. The molecule has 0 spiro atoms. The molecule has 112 valence electrons. The molecule has 20 heavy (non-hydrogen) atoms. The lowest BCUT2D eigenvalue weighted by atomic mass is 9.85. The first kappa shape index (κ1) is 15.5. The van der Waals surface area contributed by atoms with E-state index in [4.69, 9.17) is 0 Å². The minimum atomic E-state index is -0.293. The van der Waals surface area contributed by atoms with Gasteiger partial charge in [-0.05, 0) is 19.5 Å². The van der Waals surface area contributed by atoms with E-state index in [2.05, 4.69) is 61.0 Å². The highest BCUT2D eigenvalue weighted by Gasteiger charge is 2.33. The molecule has 1 aliphatic rings. The Morgan fingerprint density at radius 2 is 1.90 bits per heavy atom. The molecule has 0 amide bonds. The predicted octanol–water partition coefficient (Wildman–Crippen LogP) is 2.38. The molecule has 3 nitrogen and oxygen atoms in total. The molecule has 0 radical (unpaired) electrons. The Morgan fingerprint density at radius 3 is 2.50 bits per heavy atom. The maximum absolute atomic E-state index is 9.98. The van der Waals surface area contributed by atoms with Crippen LogP contribution < -0.4 is 0 Å². The summed E-state index contributed by atoms with van der Waals surface area (Å²) < 4.78 is 0. The van der Waals surface area contributed by atoms with Crippen LogP contribution in [0.15, 0.2) is 30.3 Å². The average molecular weight is 276 g/mol. The molecular formula is C17H28N2O. The van der Waals surface area contributed by atoms with E-state index >= 15 is 0 Å². The minimum Gasteiger partial charge on any atom is -0.393 e. The first-order valence-electron chi connectivity index (χ1n) is 7.56. The Kier molecular flexibility index (Phi) is 4.84. The molecule has 0 bridgehead atoms. The van der Waals surface area contributed by atoms with Crippen molar-refractivity contribution in [3.8, 4) is 0 Å². The molecule has 1 aliphatic heterocycles. The first-order valence-corrected chi connectivity index (χ1v) is 7.56. The Labute approximate surface area is 123 Å². The number of rotatable bonds is 4. The molecule has 1 heterocycles. The third-order valence-electron chi connectivity index (χ3n) is 4.62. The summed E-state index contributed by atoms with van der Waals surface area (Å²) in [5.41, 5.74) is 1.29. The second kappa shape index (κ2) is 6.25. The maximum Gasteiger partial charge on any atom is 0.0575 e. The Bertz CT molecular complexity index is 416. The number of aliphatic hydroxyl groups is 1. The largest absolute Gasteiger partial charge is 0.393 e. The molecule has 1 aromatic rings. The molecule has 0 aliphatic carbocycles. The molecule has 1 fully saturated rings. The monoisotopic (exact) mass is 276 g/mol. The van der Waals surface area contributed by atoms with Gasteiger partial charge < -0.3 is 10.0 Å². The van der Waals surface area contributed by atoms with Gasteiger partial charge in [0.25, 0.3) is 0 Å². The number of hydrogen-bond donors (Lipinski definition) is 1. The van der Waals surface area contributed by atoms with Crippen LogP contribution in [0.5, 0.6) is 0 Å².